The van der Waals surface area contributed by atoms with Crippen LogP contribution in [-0.4, -0.2) is 29.8 Å². The normalized spacial score (nSPS) is 24.9. The number of nitrogens with one attached hydrogen (secondary N) is 1. The average molecular weight is 300 g/mol. The highest BCUT2D eigenvalue weighted by Crippen LogP contribution is 2.30. The topological polar surface area (TPSA) is 49.4 Å². The van der Waals surface area contributed by atoms with Crippen LogP contribution in [0.25, 0.3) is 0 Å². The molecule has 1 aromatic rings. The lowest BCUT2D eigenvalue weighted by Gasteiger charge is -2.35. The van der Waals surface area contributed by atoms with Crippen LogP contribution in [0.3, 0.4) is 0 Å². The first-order chi connectivity index (χ1) is 10.5. The first-order valence-electron chi connectivity index (χ1n) is 8.23. The summed E-state index contributed by atoms with van der Waals surface area (Å²) in [7, 11) is 0. The molecule has 0 bridgehead atoms. The van der Waals surface area contributed by atoms with Gasteiger partial charge in [-0.05, 0) is 55.4 Å². The molecule has 0 radical (unpaired) electrons. The largest absolute Gasteiger partial charge is 0.338 e. The quantitative estimate of drug-likeness (QED) is 0.932. The zero-order chi connectivity index (χ0) is 15.7. The van der Waals surface area contributed by atoms with Crippen molar-refractivity contribution in [1.82, 2.24) is 4.90 Å². The Morgan fingerprint density at radius 3 is 2.18 bits per heavy atom. The summed E-state index contributed by atoms with van der Waals surface area (Å²) in [6, 6.07) is 7.28. The number of nitrogens with zero attached hydrogens (tertiary/aromatic N) is 1. The van der Waals surface area contributed by atoms with Gasteiger partial charge in [0.15, 0.2) is 0 Å². The van der Waals surface area contributed by atoms with E-state index in [-0.39, 0.29) is 17.7 Å². The summed E-state index contributed by atoms with van der Waals surface area (Å²) in [5, 5.41) is 2.90. The molecule has 2 amide bonds. The summed E-state index contributed by atoms with van der Waals surface area (Å²) in [5.41, 5.74) is 1.47. The van der Waals surface area contributed by atoms with Crippen molar-refractivity contribution >= 4 is 17.5 Å². The van der Waals surface area contributed by atoms with E-state index in [1.54, 1.807) is 0 Å². The Bertz CT molecular complexity index is 553. The van der Waals surface area contributed by atoms with Crippen molar-refractivity contribution in [3.05, 3.63) is 29.8 Å². The Balaban J connectivity index is 1.64. The van der Waals surface area contributed by atoms with E-state index in [0.29, 0.717) is 17.4 Å². The summed E-state index contributed by atoms with van der Waals surface area (Å²) in [6.45, 7) is 6.07. The van der Waals surface area contributed by atoms with Crippen LogP contribution in [0.5, 0.6) is 0 Å². The summed E-state index contributed by atoms with van der Waals surface area (Å²) >= 11 is 0. The van der Waals surface area contributed by atoms with Gasteiger partial charge in [0, 0.05) is 30.3 Å². The van der Waals surface area contributed by atoms with E-state index in [0.717, 1.165) is 31.6 Å². The maximum absolute atomic E-state index is 12.6. The van der Waals surface area contributed by atoms with Gasteiger partial charge in [-0.15, -0.1) is 0 Å². The summed E-state index contributed by atoms with van der Waals surface area (Å²) in [4.78, 5) is 26.3. The molecule has 0 unspecified atom stereocenters. The van der Waals surface area contributed by atoms with Gasteiger partial charge in [0.1, 0.15) is 0 Å². The number of hydrogen-bond donors (Lipinski definition) is 1. The van der Waals surface area contributed by atoms with Gasteiger partial charge in [-0.25, -0.2) is 0 Å². The van der Waals surface area contributed by atoms with Crippen LogP contribution in [0.1, 0.15) is 43.5 Å². The van der Waals surface area contributed by atoms with Gasteiger partial charge >= 0.3 is 0 Å². The molecule has 1 aliphatic heterocycles. The second kappa shape index (κ2) is 6.11. The molecule has 1 heterocycles. The number of amides is 2. The lowest BCUT2D eigenvalue weighted by Crippen LogP contribution is -2.42. The van der Waals surface area contributed by atoms with Gasteiger partial charge in [-0.1, -0.05) is 13.8 Å². The van der Waals surface area contributed by atoms with Crippen molar-refractivity contribution in [3.63, 3.8) is 0 Å². The monoisotopic (exact) mass is 300 g/mol. The number of likely N-dealkylation sites (tertiary alicyclic amines) is 1. The predicted octanol–water partition coefficient (Wildman–Crippen LogP) is 3.15. The van der Waals surface area contributed by atoms with Crippen molar-refractivity contribution in [2.45, 2.75) is 33.1 Å². The van der Waals surface area contributed by atoms with Crippen LogP contribution >= 0.6 is 0 Å². The van der Waals surface area contributed by atoms with Crippen molar-refractivity contribution in [1.29, 1.82) is 0 Å². The van der Waals surface area contributed by atoms with Crippen molar-refractivity contribution < 1.29 is 9.59 Å². The molecule has 1 aliphatic carbocycles. The molecule has 1 aromatic carbocycles. The molecular weight excluding hydrogens is 276 g/mol. The van der Waals surface area contributed by atoms with Crippen molar-refractivity contribution in [2.75, 3.05) is 18.4 Å². The minimum atomic E-state index is 0.0951. The maximum Gasteiger partial charge on any atom is 0.253 e. The Morgan fingerprint density at radius 1 is 1.05 bits per heavy atom. The van der Waals surface area contributed by atoms with E-state index < -0.39 is 0 Å². The molecule has 2 aliphatic rings. The van der Waals surface area contributed by atoms with Crippen LogP contribution in [0.2, 0.25) is 0 Å². The van der Waals surface area contributed by atoms with Gasteiger partial charge in [0.25, 0.3) is 5.91 Å². The zero-order valence-electron chi connectivity index (χ0n) is 13.3. The molecule has 0 spiro atoms. The van der Waals surface area contributed by atoms with Crippen LogP contribution in [-0.2, 0) is 4.79 Å². The molecule has 22 heavy (non-hydrogen) atoms. The van der Waals surface area contributed by atoms with Crippen LogP contribution in [0.4, 0.5) is 5.69 Å². The second-order valence-electron chi connectivity index (χ2n) is 7.00. The van der Waals surface area contributed by atoms with Gasteiger partial charge in [-0.2, -0.15) is 0 Å². The molecule has 4 heteroatoms. The number of anilines is 1. The molecule has 3 rings (SSSR count). The fourth-order valence-corrected chi connectivity index (χ4v) is 3.30. The highest BCUT2D eigenvalue weighted by atomic mass is 16.2. The standard InChI is InChI=1S/C18H24N2O2/c1-12-9-13(2)11-20(10-12)18(22)15-5-7-16(8-6-15)19-17(21)14-3-4-14/h5-8,12-14H,3-4,9-11H2,1-2H3,(H,19,21)/t12-,13+. The smallest absolute Gasteiger partial charge is 0.253 e. The molecule has 2 atom stereocenters. The van der Waals surface area contributed by atoms with E-state index in [2.05, 4.69) is 19.2 Å². The number of hydrogen-bond acceptors (Lipinski definition) is 2. The summed E-state index contributed by atoms with van der Waals surface area (Å²) < 4.78 is 0. The van der Waals surface area contributed by atoms with Crippen molar-refractivity contribution in [2.24, 2.45) is 17.8 Å². The SMILES string of the molecule is C[C@@H]1C[C@H](C)CN(C(=O)c2ccc(NC(=O)C3CC3)cc2)C1. The average Bonchev–Trinajstić information content (AvgIpc) is 3.31. The second-order valence-corrected chi connectivity index (χ2v) is 7.00. The molecule has 1 saturated heterocycles. The highest BCUT2D eigenvalue weighted by Gasteiger charge is 2.29. The van der Waals surface area contributed by atoms with Crippen LogP contribution in [0, 0.1) is 17.8 Å². The number of carbonyl (C=O) groups excluding carboxylic acids is 2. The third-order valence-electron chi connectivity index (χ3n) is 4.50. The fourth-order valence-electron chi connectivity index (χ4n) is 3.30. The molecule has 0 aromatic heterocycles. The lowest BCUT2D eigenvalue weighted by molar-refractivity contribution is -0.117. The van der Waals surface area contributed by atoms with Crippen LogP contribution in [0.15, 0.2) is 24.3 Å². The maximum atomic E-state index is 12.6. The molecule has 1 saturated carbocycles. The van der Waals surface area contributed by atoms with E-state index >= 15 is 0 Å². The summed E-state index contributed by atoms with van der Waals surface area (Å²) in [5.74, 6) is 1.50. The third-order valence-corrected chi connectivity index (χ3v) is 4.50. The highest BCUT2D eigenvalue weighted by molar-refractivity contribution is 5.96. The zero-order valence-corrected chi connectivity index (χ0v) is 13.3. The minimum absolute atomic E-state index is 0.0951. The molecule has 118 valence electrons. The van der Waals surface area contributed by atoms with Gasteiger partial charge in [0.05, 0.1) is 0 Å². The number of carbonyl (C=O) groups is 2. The number of piperidine rings is 1. The first kappa shape index (κ1) is 15.1. The van der Waals surface area contributed by atoms with Gasteiger partial charge in [0.2, 0.25) is 5.91 Å². The first-order valence-corrected chi connectivity index (χ1v) is 8.23. The lowest BCUT2D eigenvalue weighted by atomic mass is 9.91. The van der Waals surface area contributed by atoms with E-state index in [9.17, 15) is 9.59 Å². The Hall–Kier alpha value is -1.84. The Morgan fingerprint density at radius 2 is 1.64 bits per heavy atom. The predicted molar refractivity (Wildman–Crippen MR) is 86.6 cm³/mol. The van der Waals surface area contributed by atoms with E-state index in [1.165, 1.54) is 6.42 Å². The Labute approximate surface area is 131 Å². The number of benzene rings is 1. The molecule has 1 N–H and O–H groups in total. The van der Waals surface area contributed by atoms with Crippen molar-refractivity contribution in [3.8, 4) is 0 Å². The fraction of sp³-hybridized carbons (Fsp3) is 0.556. The van der Waals surface area contributed by atoms with Crippen LogP contribution < -0.4 is 5.32 Å². The number of rotatable bonds is 3. The minimum Gasteiger partial charge on any atom is -0.338 e. The Kier molecular flexibility index (Phi) is 4.19. The van der Waals surface area contributed by atoms with E-state index in [4.69, 9.17) is 0 Å². The summed E-state index contributed by atoms with van der Waals surface area (Å²) in [6.07, 6.45) is 3.18. The molecule has 4 nitrogen and oxygen atoms in total. The molecule has 2 fully saturated rings. The third kappa shape index (κ3) is 3.49. The van der Waals surface area contributed by atoms with E-state index in [1.807, 2.05) is 29.2 Å². The van der Waals surface area contributed by atoms with Gasteiger partial charge in [-0.3, -0.25) is 9.59 Å². The molecular formula is C18H24N2O2. The van der Waals surface area contributed by atoms with Gasteiger partial charge < -0.3 is 10.2 Å².